The Morgan fingerprint density at radius 1 is 1.43 bits per heavy atom. The van der Waals surface area contributed by atoms with E-state index in [1.54, 1.807) is 12.4 Å². The number of rotatable bonds is 10. The van der Waals surface area contributed by atoms with Gasteiger partial charge in [0.1, 0.15) is 0 Å². The number of ether oxygens (including phenoxy) is 1. The van der Waals surface area contributed by atoms with Crippen LogP contribution in [-0.4, -0.2) is 37.2 Å². The normalized spacial score (nSPS) is 14.0. The fourth-order valence-corrected chi connectivity index (χ4v) is 2.00. The molecule has 0 aromatic carbocycles. The van der Waals surface area contributed by atoms with Crippen LogP contribution in [0.15, 0.2) is 18.5 Å². The molecule has 0 saturated heterocycles. The molecule has 21 heavy (non-hydrogen) atoms. The number of amides is 1. The molecular formula is C16H25N3O2. The number of hydrogen-bond acceptors (Lipinski definition) is 4. The zero-order chi connectivity index (χ0) is 14.9. The lowest BCUT2D eigenvalue weighted by atomic mass is 10.2. The van der Waals surface area contributed by atoms with Crippen molar-refractivity contribution >= 4 is 11.6 Å². The van der Waals surface area contributed by atoms with E-state index >= 15 is 0 Å². The maximum absolute atomic E-state index is 12.1. The lowest BCUT2D eigenvalue weighted by Gasteiger charge is -2.11. The maximum atomic E-state index is 12.1. The van der Waals surface area contributed by atoms with Crippen LogP contribution in [0, 0.1) is 5.92 Å². The highest BCUT2D eigenvalue weighted by atomic mass is 16.5. The fourth-order valence-electron chi connectivity index (χ4n) is 2.00. The number of carbonyl (C=O) groups excluding carboxylic acids is 1. The number of hydrogen-bond donors (Lipinski definition) is 2. The second-order valence-electron chi connectivity index (χ2n) is 5.48. The molecule has 1 aromatic rings. The SMILES string of the molecule is CCCNc1ccncc1C(=O)NCCCOCC1CC1. The highest BCUT2D eigenvalue weighted by molar-refractivity contribution is 5.99. The Morgan fingerprint density at radius 3 is 3.05 bits per heavy atom. The van der Waals surface area contributed by atoms with Crippen molar-refractivity contribution in [3.8, 4) is 0 Å². The Bertz CT molecular complexity index is 447. The van der Waals surface area contributed by atoms with Gasteiger partial charge in [0, 0.05) is 38.7 Å². The van der Waals surface area contributed by atoms with E-state index in [1.807, 2.05) is 6.07 Å². The first kappa shape index (κ1) is 15.8. The van der Waals surface area contributed by atoms with Crippen molar-refractivity contribution in [1.82, 2.24) is 10.3 Å². The van der Waals surface area contributed by atoms with E-state index in [4.69, 9.17) is 4.74 Å². The van der Waals surface area contributed by atoms with Crippen LogP contribution in [-0.2, 0) is 4.74 Å². The first-order valence-electron chi connectivity index (χ1n) is 7.85. The Hall–Kier alpha value is -1.62. The summed E-state index contributed by atoms with van der Waals surface area (Å²) in [5, 5.41) is 6.17. The van der Waals surface area contributed by atoms with Gasteiger partial charge < -0.3 is 15.4 Å². The number of anilines is 1. The topological polar surface area (TPSA) is 63.2 Å². The summed E-state index contributed by atoms with van der Waals surface area (Å²) >= 11 is 0. The molecule has 5 heteroatoms. The average Bonchev–Trinajstić information content (AvgIpc) is 3.33. The van der Waals surface area contributed by atoms with Crippen LogP contribution in [0.4, 0.5) is 5.69 Å². The van der Waals surface area contributed by atoms with Crippen molar-refractivity contribution in [2.75, 3.05) is 31.6 Å². The minimum absolute atomic E-state index is 0.0797. The van der Waals surface area contributed by atoms with Crippen molar-refractivity contribution in [2.24, 2.45) is 5.92 Å². The largest absolute Gasteiger partial charge is 0.384 e. The third-order valence-electron chi connectivity index (χ3n) is 3.43. The molecule has 0 unspecified atom stereocenters. The van der Waals surface area contributed by atoms with Gasteiger partial charge in [-0.05, 0) is 37.7 Å². The Balaban J connectivity index is 1.68. The highest BCUT2D eigenvalue weighted by Gasteiger charge is 2.20. The number of nitrogens with one attached hydrogen (secondary N) is 2. The average molecular weight is 291 g/mol. The van der Waals surface area contributed by atoms with Crippen LogP contribution in [0.5, 0.6) is 0 Å². The first-order valence-corrected chi connectivity index (χ1v) is 7.85. The highest BCUT2D eigenvalue weighted by Crippen LogP contribution is 2.28. The van der Waals surface area contributed by atoms with Crippen LogP contribution in [0.25, 0.3) is 0 Å². The first-order chi connectivity index (χ1) is 10.3. The van der Waals surface area contributed by atoms with Crippen molar-refractivity contribution in [3.63, 3.8) is 0 Å². The van der Waals surface area contributed by atoms with E-state index < -0.39 is 0 Å². The van der Waals surface area contributed by atoms with Crippen molar-refractivity contribution in [3.05, 3.63) is 24.0 Å². The monoisotopic (exact) mass is 291 g/mol. The van der Waals surface area contributed by atoms with Crippen molar-refractivity contribution < 1.29 is 9.53 Å². The molecular weight excluding hydrogens is 266 g/mol. The van der Waals surface area contributed by atoms with Gasteiger partial charge in [-0.25, -0.2) is 0 Å². The summed E-state index contributed by atoms with van der Waals surface area (Å²) in [5.74, 6) is 0.714. The quantitative estimate of drug-likeness (QED) is 0.650. The molecule has 0 spiro atoms. The predicted octanol–water partition coefficient (Wildman–Crippen LogP) is 2.45. The van der Waals surface area contributed by atoms with Gasteiger partial charge in [-0.15, -0.1) is 0 Å². The molecule has 1 saturated carbocycles. The van der Waals surface area contributed by atoms with Crippen LogP contribution in [0.1, 0.15) is 43.0 Å². The lowest BCUT2D eigenvalue weighted by Crippen LogP contribution is -2.26. The molecule has 2 N–H and O–H groups in total. The van der Waals surface area contributed by atoms with Crippen molar-refractivity contribution in [2.45, 2.75) is 32.6 Å². The van der Waals surface area contributed by atoms with Gasteiger partial charge in [0.05, 0.1) is 11.3 Å². The second-order valence-corrected chi connectivity index (χ2v) is 5.48. The summed E-state index contributed by atoms with van der Waals surface area (Å²) in [6, 6.07) is 1.84. The molecule has 0 radical (unpaired) electrons. The number of nitrogens with zero attached hydrogens (tertiary/aromatic N) is 1. The molecule has 1 heterocycles. The summed E-state index contributed by atoms with van der Waals surface area (Å²) in [6.45, 7) is 5.16. The molecule has 0 atom stereocenters. The summed E-state index contributed by atoms with van der Waals surface area (Å²) < 4.78 is 5.55. The van der Waals surface area contributed by atoms with Crippen LogP contribution >= 0.6 is 0 Å². The zero-order valence-corrected chi connectivity index (χ0v) is 12.7. The Kier molecular flexibility index (Phi) is 6.47. The molecule has 0 aliphatic heterocycles. The van der Waals surface area contributed by atoms with Gasteiger partial charge in [0.25, 0.3) is 5.91 Å². The van der Waals surface area contributed by atoms with Crippen LogP contribution in [0.2, 0.25) is 0 Å². The Morgan fingerprint density at radius 2 is 2.29 bits per heavy atom. The predicted molar refractivity (Wildman–Crippen MR) is 83.5 cm³/mol. The van der Waals surface area contributed by atoms with E-state index in [-0.39, 0.29) is 5.91 Å². The number of pyridine rings is 1. The minimum atomic E-state index is -0.0797. The standard InChI is InChI=1S/C16H25N3O2/c1-2-7-18-15-6-9-17-11-14(15)16(20)19-8-3-10-21-12-13-4-5-13/h6,9,11,13H,2-5,7-8,10,12H2,1H3,(H,17,18)(H,19,20). The fraction of sp³-hybridized carbons (Fsp3) is 0.625. The zero-order valence-electron chi connectivity index (χ0n) is 12.7. The minimum Gasteiger partial charge on any atom is -0.384 e. The molecule has 1 fully saturated rings. The summed E-state index contributed by atoms with van der Waals surface area (Å²) in [6.07, 6.45) is 7.78. The summed E-state index contributed by atoms with van der Waals surface area (Å²) in [5.41, 5.74) is 1.44. The molecule has 116 valence electrons. The molecule has 1 aromatic heterocycles. The van der Waals surface area contributed by atoms with E-state index in [2.05, 4.69) is 22.5 Å². The Labute approximate surface area is 126 Å². The molecule has 2 rings (SSSR count). The van der Waals surface area contributed by atoms with E-state index in [0.717, 1.165) is 37.6 Å². The molecule has 1 aliphatic carbocycles. The molecule has 1 amide bonds. The third kappa shape index (κ3) is 5.71. The smallest absolute Gasteiger partial charge is 0.254 e. The van der Waals surface area contributed by atoms with Crippen LogP contribution in [0.3, 0.4) is 0 Å². The van der Waals surface area contributed by atoms with Gasteiger partial charge in [-0.1, -0.05) is 6.92 Å². The van der Waals surface area contributed by atoms with E-state index in [9.17, 15) is 4.79 Å². The molecule has 0 bridgehead atoms. The third-order valence-corrected chi connectivity index (χ3v) is 3.43. The van der Waals surface area contributed by atoms with E-state index in [0.29, 0.717) is 18.7 Å². The van der Waals surface area contributed by atoms with Gasteiger partial charge in [-0.3, -0.25) is 9.78 Å². The molecule has 1 aliphatic rings. The number of carbonyl (C=O) groups is 1. The maximum Gasteiger partial charge on any atom is 0.254 e. The van der Waals surface area contributed by atoms with Crippen LogP contribution < -0.4 is 10.6 Å². The molecule has 5 nitrogen and oxygen atoms in total. The van der Waals surface area contributed by atoms with Gasteiger partial charge >= 0.3 is 0 Å². The van der Waals surface area contributed by atoms with E-state index in [1.165, 1.54) is 12.8 Å². The number of aromatic nitrogens is 1. The van der Waals surface area contributed by atoms with Gasteiger partial charge in [-0.2, -0.15) is 0 Å². The summed E-state index contributed by atoms with van der Waals surface area (Å²) in [7, 11) is 0. The van der Waals surface area contributed by atoms with Crippen molar-refractivity contribution in [1.29, 1.82) is 0 Å². The second kappa shape index (κ2) is 8.62. The van der Waals surface area contributed by atoms with Gasteiger partial charge in [0.15, 0.2) is 0 Å². The lowest BCUT2D eigenvalue weighted by molar-refractivity contribution is 0.0938. The van der Waals surface area contributed by atoms with Gasteiger partial charge in [0.2, 0.25) is 0 Å². The summed E-state index contributed by atoms with van der Waals surface area (Å²) in [4.78, 5) is 16.2.